The van der Waals surface area contributed by atoms with Gasteiger partial charge in [0.25, 0.3) is 10.0 Å². The summed E-state index contributed by atoms with van der Waals surface area (Å²) in [5.41, 5.74) is 0. The van der Waals surface area contributed by atoms with Crippen LogP contribution in [-0.4, -0.2) is 145 Å². The van der Waals surface area contributed by atoms with Gasteiger partial charge in [0.05, 0.1) is 72.7 Å². The molecule has 0 aromatic heterocycles. The second-order valence-electron chi connectivity index (χ2n) is 8.67. The monoisotopic (exact) mass is 741 g/mol. The van der Waals surface area contributed by atoms with Crippen LogP contribution in [-0.2, 0) is 33.7 Å². The number of alkyl halides is 15. The highest BCUT2D eigenvalue weighted by atomic mass is 32.2. The number of aliphatic hydroxyl groups is 1. The van der Waals surface area contributed by atoms with Crippen LogP contribution >= 0.6 is 0 Å². The van der Waals surface area contributed by atoms with Gasteiger partial charge >= 0.3 is 41.0 Å². The van der Waals surface area contributed by atoms with Crippen LogP contribution in [0.4, 0.5) is 65.9 Å². The summed E-state index contributed by atoms with van der Waals surface area (Å²) in [7, 11) is -7.25. The van der Waals surface area contributed by atoms with Crippen LogP contribution in [0.1, 0.15) is 6.92 Å². The zero-order valence-electron chi connectivity index (χ0n) is 23.5. The molecule has 0 unspecified atom stereocenters. The molecule has 9 nitrogen and oxygen atoms in total. The maximum atomic E-state index is 14.3. The molecule has 0 aliphatic carbocycles. The number of hydrogen-bond acceptors (Lipinski definition) is 8. The van der Waals surface area contributed by atoms with Crippen molar-refractivity contribution in [2.24, 2.45) is 0 Å². The van der Waals surface area contributed by atoms with Gasteiger partial charge in [0.15, 0.2) is 0 Å². The van der Waals surface area contributed by atoms with Crippen LogP contribution in [0, 0.1) is 0 Å². The first-order chi connectivity index (χ1) is 20.8. The van der Waals surface area contributed by atoms with Crippen molar-refractivity contribution in [2.45, 2.75) is 48.0 Å². The zero-order valence-corrected chi connectivity index (χ0v) is 24.3. The number of nitrogens with zero attached hydrogens (tertiary/aromatic N) is 1. The van der Waals surface area contributed by atoms with E-state index in [1.165, 1.54) is 0 Å². The van der Waals surface area contributed by atoms with E-state index in [0.717, 1.165) is 0 Å². The van der Waals surface area contributed by atoms with Gasteiger partial charge in [-0.25, -0.2) is 8.42 Å². The van der Waals surface area contributed by atoms with Gasteiger partial charge in [-0.15, -0.1) is 0 Å². The summed E-state index contributed by atoms with van der Waals surface area (Å²) in [5.74, 6) is -42.0. The predicted molar refractivity (Wildman–Crippen MR) is 123 cm³/mol. The van der Waals surface area contributed by atoms with E-state index in [4.69, 9.17) is 28.8 Å². The highest BCUT2D eigenvalue weighted by Gasteiger charge is 2.94. The van der Waals surface area contributed by atoms with Gasteiger partial charge in [0.2, 0.25) is 0 Å². The van der Waals surface area contributed by atoms with Crippen molar-refractivity contribution >= 4 is 10.0 Å². The largest absolute Gasteiger partial charge is 0.460 e. The lowest BCUT2D eigenvalue weighted by Gasteiger charge is -2.41. The van der Waals surface area contributed by atoms with Crippen molar-refractivity contribution < 1.29 is 103 Å². The van der Waals surface area contributed by atoms with E-state index in [2.05, 4.69) is 0 Å². The van der Waals surface area contributed by atoms with Crippen LogP contribution < -0.4 is 0 Å². The quantitative estimate of drug-likeness (QED) is 0.111. The number of halogens is 15. The number of hydrogen-bond donors (Lipinski definition) is 1. The first-order valence-electron chi connectivity index (χ1n) is 12.6. The van der Waals surface area contributed by atoms with E-state index in [-0.39, 0.29) is 59.5 Å². The van der Waals surface area contributed by atoms with Crippen LogP contribution in [0.5, 0.6) is 0 Å². The fourth-order valence-electron chi connectivity index (χ4n) is 2.94. The molecule has 0 aromatic rings. The van der Waals surface area contributed by atoms with Crippen molar-refractivity contribution in [1.82, 2.24) is 4.31 Å². The number of aliphatic hydroxyl groups excluding tert-OH is 1. The second kappa shape index (κ2) is 17.3. The Labute approximate surface area is 251 Å². The van der Waals surface area contributed by atoms with E-state index in [0.29, 0.717) is 6.92 Å². The number of ether oxygens (including phenoxy) is 5. The van der Waals surface area contributed by atoms with Crippen LogP contribution in [0.25, 0.3) is 0 Å². The summed E-state index contributed by atoms with van der Waals surface area (Å²) in [4.78, 5) is 0. The lowest BCUT2D eigenvalue weighted by Crippen LogP contribution is -2.73. The molecule has 0 saturated heterocycles. The first kappa shape index (κ1) is 44.6. The van der Waals surface area contributed by atoms with Gasteiger partial charge < -0.3 is 28.8 Å². The second-order valence-corrected chi connectivity index (χ2v) is 10.6. The molecule has 0 radical (unpaired) electrons. The van der Waals surface area contributed by atoms with E-state index in [1.807, 2.05) is 0 Å². The minimum atomic E-state index is -8.60. The maximum absolute atomic E-state index is 14.3. The third-order valence-corrected chi connectivity index (χ3v) is 7.55. The predicted octanol–water partition coefficient (Wildman–Crippen LogP) is 4.05. The van der Waals surface area contributed by atoms with Crippen molar-refractivity contribution in [1.29, 1.82) is 0 Å². The first-order valence-corrected chi connectivity index (χ1v) is 14.0. The molecule has 0 saturated carbocycles. The summed E-state index contributed by atoms with van der Waals surface area (Å²) < 4.78 is 249. The van der Waals surface area contributed by atoms with Crippen LogP contribution in [0.2, 0.25) is 0 Å². The lowest BCUT2D eigenvalue weighted by molar-refractivity contribution is -0.447. The topological polar surface area (TPSA) is 104 Å². The molecule has 0 aromatic carbocycles. The summed E-state index contributed by atoms with van der Waals surface area (Å²) in [6, 6.07) is 0. The molecule has 0 rings (SSSR count). The molecular weight excluding hydrogens is 711 g/mol. The molecule has 25 heteroatoms. The van der Waals surface area contributed by atoms with Crippen LogP contribution in [0.3, 0.4) is 0 Å². The average Bonchev–Trinajstić information content (AvgIpc) is 2.93. The Hall–Kier alpha value is -1.38. The molecule has 0 spiro atoms. The van der Waals surface area contributed by atoms with Gasteiger partial charge in [-0.3, -0.25) is 0 Å². The summed E-state index contributed by atoms with van der Waals surface area (Å²) in [6.45, 7) is -2.83. The summed E-state index contributed by atoms with van der Waals surface area (Å²) >= 11 is 0. The maximum Gasteiger partial charge on any atom is 0.460 e. The van der Waals surface area contributed by atoms with Gasteiger partial charge in [-0.05, 0) is 0 Å². The highest BCUT2D eigenvalue weighted by Crippen LogP contribution is 2.63. The molecule has 0 atom stereocenters. The molecular formula is C21H30F15NO8S. The van der Waals surface area contributed by atoms with Gasteiger partial charge in [-0.2, -0.15) is 70.2 Å². The minimum absolute atomic E-state index is 0.0352. The molecule has 0 heterocycles. The van der Waals surface area contributed by atoms with Crippen LogP contribution in [0.15, 0.2) is 0 Å². The third-order valence-electron chi connectivity index (χ3n) is 5.52. The molecule has 0 bridgehead atoms. The highest BCUT2D eigenvalue weighted by molar-refractivity contribution is 7.90. The standard InChI is InChI=1S/C21H30F15NO8S/c1-2-37(3-5-41-7-9-43-11-13-45-14-12-44-10-8-42-6-4-38)46(39,40)21(35,36)19(30,31)17(26,27)15(22,23)16(24,25)18(28,29)20(32,33)34/h38H,2-14H2,1H3. The number of sulfonamides is 1. The molecule has 278 valence electrons. The average molecular weight is 742 g/mol. The fraction of sp³-hybridized carbons (Fsp3) is 1.00. The molecule has 0 aliphatic rings. The normalized spacial score (nSPS) is 14.8. The van der Waals surface area contributed by atoms with E-state index in [1.54, 1.807) is 0 Å². The Morgan fingerprint density at radius 2 is 0.804 bits per heavy atom. The van der Waals surface area contributed by atoms with Crippen molar-refractivity contribution in [3.63, 3.8) is 0 Å². The number of rotatable bonds is 25. The van der Waals surface area contributed by atoms with Gasteiger partial charge in [-0.1, -0.05) is 6.92 Å². The smallest absolute Gasteiger partial charge is 0.394 e. The third kappa shape index (κ3) is 9.62. The molecule has 1 N–H and O–H groups in total. The summed E-state index contributed by atoms with van der Waals surface area (Å²) in [6.07, 6.45) is -7.77. The van der Waals surface area contributed by atoms with Crippen molar-refractivity contribution in [2.75, 3.05) is 85.8 Å². The van der Waals surface area contributed by atoms with E-state index < -0.39 is 81.7 Å². The molecule has 0 aliphatic heterocycles. The van der Waals surface area contributed by atoms with E-state index >= 15 is 0 Å². The number of likely N-dealkylation sites (N-methyl/N-ethyl adjacent to an activating group) is 1. The summed E-state index contributed by atoms with van der Waals surface area (Å²) in [5, 5.41) is 1.03. The van der Waals surface area contributed by atoms with Gasteiger partial charge in [0, 0.05) is 13.1 Å². The fourth-order valence-corrected chi connectivity index (χ4v) is 4.37. The van der Waals surface area contributed by atoms with Gasteiger partial charge in [0.1, 0.15) is 0 Å². The molecule has 0 fully saturated rings. The van der Waals surface area contributed by atoms with Crippen molar-refractivity contribution in [3.8, 4) is 0 Å². The lowest BCUT2D eigenvalue weighted by atomic mass is 9.94. The van der Waals surface area contributed by atoms with E-state index in [9.17, 15) is 74.3 Å². The molecule has 0 amide bonds. The Balaban J connectivity index is 5.17. The Morgan fingerprint density at radius 1 is 0.500 bits per heavy atom. The zero-order chi connectivity index (χ0) is 36.3. The molecule has 46 heavy (non-hydrogen) atoms. The Bertz CT molecular complexity index is 1000. The van der Waals surface area contributed by atoms with Crippen molar-refractivity contribution in [3.05, 3.63) is 0 Å². The SMILES string of the molecule is CCN(CCOCCOCCOCCOCCOCCO)S(=O)(=O)C(F)(F)C(F)(F)C(F)(F)C(F)(F)C(F)(F)C(F)(F)C(F)(F)F. The minimum Gasteiger partial charge on any atom is -0.394 e. The Kier molecular flexibility index (Phi) is 16.8. The Morgan fingerprint density at radius 3 is 1.13 bits per heavy atom.